The number of rotatable bonds is 1. The smallest absolute Gasteiger partial charge is 0.00992 e. The third-order valence-electron chi connectivity index (χ3n) is 2.02. The first kappa shape index (κ1) is 8.76. The average Bonchev–Trinajstić information content (AvgIpc) is 2.18. The Kier molecular flexibility index (Phi) is 2.77. The minimum absolute atomic E-state index is 1.12. The lowest BCUT2D eigenvalue weighted by atomic mass is 10.0. The van der Waals surface area contributed by atoms with E-state index in [9.17, 15) is 0 Å². The van der Waals surface area contributed by atoms with Crippen LogP contribution in [-0.2, 0) is 0 Å². The number of benzene rings is 1. The molecule has 0 aliphatic heterocycles. The van der Waals surface area contributed by atoms with E-state index >= 15 is 0 Å². The molecule has 0 spiro atoms. The van der Waals surface area contributed by atoms with E-state index in [0.717, 1.165) is 5.57 Å². The van der Waals surface area contributed by atoms with E-state index in [4.69, 9.17) is 0 Å². The van der Waals surface area contributed by atoms with Crippen LogP contribution >= 0.6 is 0 Å². The van der Waals surface area contributed by atoms with Crippen molar-refractivity contribution >= 4 is 5.57 Å². The molecule has 0 aromatic heterocycles. The van der Waals surface area contributed by atoms with Crippen molar-refractivity contribution in [2.45, 2.75) is 0 Å². The van der Waals surface area contributed by atoms with E-state index < -0.39 is 0 Å². The summed E-state index contributed by atoms with van der Waals surface area (Å²) in [5, 5.41) is 0. The van der Waals surface area contributed by atoms with Gasteiger partial charge in [-0.3, -0.25) is 0 Å². The van der Waals surface area contributed by atoms with Gasteiger partial charge in [-0.25, -0.2) is 0 Å². The zero-order valence-corrected chi connectivity index (χ0v) is 7.85. The molecular formula is C14H11. The van der Waals surface area contributed by atoms with Crippen molar-refractivity contribution in [2.75, 3.05) is 0 Å². The van der Waals surface area contributed by atoms with Gasteiger partial charge in [-0.05, 0) is 17.2 Å². The lowest BCUT2D eigenvalue weighted by molar-refractivity contribution is 1.60. The van der Waals surface area contributed by atoms with E-state index in [0.29, 0.717) is 0 Å². The van der Waals surface area contributed by atoms with Crippen molar-refractivity contribution in [3.05, 3.63) is 78.4 Å². The van der Waals surface area contributed by atoms with Gasteiger partial charge in [-0.15, -0.1) is 0 Å². The second-order valence-electron chi connectivity index (χ2n) is 3.03. The first-order valence-corrected chi connectivity index (χ1v) is 4.65. The molecule has 2 rings (SSSR count). The molecule has 1 aromatic carbocycles. The first-order valence-electron chi connectivity index (χ1n) is 4.65. The van der Waals surface area contributed by atoms with Crippen LogP contribution in [0.5, 0.6) is 0 Å². The Morgan fingerprint density at radius 1 is 0.786 bits per heavy atom. The number of hydrogen-bond acceptors (Lipinski definition) is 0. The molecule has 0 heteroatoms. The summed E-state index contributed by atoms with van der Waals surface area (Å²) >= 11 is 0. The Bertz CT molecular complexity index is 403. The van der Waals surface area contributed by atoms with Gasteiger partial charge in [0.15, 0.2) is 0 Å². The fourth-order valence-corrected chi connectivity index (χ4v) is 1.32. The van der Waals surface area contributed by atoms with Gasteiger partial charge < -0.3 is 0 Å². The molecule has 67 valence electrons. The van der Waals surface area contributed by atoms with Crippen molar-refractivity contribution in [3.63, 3.8) is 0 Å². The van der Waals surface area contributed by atoms with Gasteiger partial charge in [0.2, 0.25) is 0 Å². The largest absolute Gasteiger partial charge is 0.0622 e. The molecule has 1 radical (unpaired) electrons. The minimum atomic E-state index is 1.12. The Morgan fingerprint density at radius 2 is 1.57 bits per heavy atom. The van der Waals surface area contributed by atoms with Crippen LogP contribution in [0.25, 0.3) is 5.57 Å². The normalized spacial score (nSPS) is 25.3. The van der Waals surface area contributed by atoms with Gasteiger partial charge in [0, 0.05) is 0 Å². The van der Waals surface area contributed by atoms with Crippen molar-refractivity contribution < 1.29 is 0 Å². The predicted molar refractivity (Wildman–Crippen MR) is 60.5 cm³/mol. The summed E-state index contributed by atoms with van der Waals surface area (Å²) in [6.07, 6.45) is 15.2. The van der Waals surface area contributed by atoms with Gasteiger partial charge in [0.25, 0.3) is 0 Å². The monoisotopic (exact) mass is 179 g/mol. The van der Waals surface area contributed by atoms with E-state index in [1.54, 1.807) is 0 Å². The Balaban J connectivity index is 2.35. The van der Waals surface area contributed by atoms with Crippen LogP contribution in [0.4, 0.5) is 0 Å². The molecule has 0 fully saturated rings. The fourth-order valence-electron chi connectivity index (χ4n) is 1.32. The van der Waals surface area contributed by atoms with E-state index in [1.807, 2.05) is 48.6 Å². The predicted octanol–water partition coefficient (Wildman–Crippen LogP) is 3.56. The molecule has 1 aliphatic rings. The standard InChI is InChI=1S/C14H11/c1-2-5-9-13(10-6-3-1)14-11-7-4-8-12-14/h1-9,11-12H/b2-1-,3-1?,5-2?,6-3-,9-5-,10-6?,13-9?,13-10?. The van der Waals surface area contributed by atoms with Gasteiger partial charge >= 0.3 is 0 Å². The highest BCUT2D eigenvalue weighted by Crippen LogP contribution is 2.15. The van der Waals surface area contributed by atoms with Crippen molar-refractivity contribution in [3.8, 4) is 0 Å². The highest BCUT2D eigenvalue weighted by atomic mass is 14.0. The highest BCUT2D eigenvalue weighted by molar-refractivity contribution is 5.73. The molecule has 0 unspecified atom stereocenters. The summed E-state index contributed by atoms with van der Waals surface area (Å²) < 4.78 is 0. The number of allylic oxidation sites excluding steroid dienone is 8. The third-order valence-corrected chi connectivity index (χ3v) is 2.02. The SMILES string of the molecule is [C]1=C(c2ccccc2)\C=C/C=C\C=C/1. The maximum atomic E-state index is 3.24. The van der Waals surface area contributed by atoms with Crippen LogP contribution in [0.2, 0.25) is 0 Å². The quantitative estimate of drug-likeness (QED) is 0.618. The molecule has 0 saturated heterocycles. The highest BCUT2D eigenvalue weighted by Gasteiger charge is 1.95. The zero-order valence-electron chi connectivity index (χ0n) is 7.85. The molecule has 0 bridgehead atoms. The van der Waals surface area contributed by atoms with Crippen LogP contribution in [0.3, 0.4) is 0 Å². The average molecular weight is 179 g/mol. The molecule has 0 N–H and O–H groups in total. The lowest BCUT2D eigenvalue weighted by Gasteiger charge is -2.00. The molecule has 0 atom stereocenters. The van der Waals surface area contributed by atoms with Crippen LogP contribution in [0.15, 0.2) is 66.8 Å². The molecule has 1 aromatic rings. The third kappa shape index (κ3) is 2.11. The first-order chi connectivity index (χ1) is 6.97. The molecule has 0 amide bonds. The summed E-state index contributed by atoms with van der Waals surface area (Å²) in [5.41, 5.74) is 2.31. The maximum Gasteiger partial charge on any atom is -0.00992 e. The lowest BCUT2D eigenvalue weighted by Crippen LogP contribution is -1.80. The van der Waals surface area contributed by atoms with Gasteiger partial charge in [-0.2, -0.15) is 0 Å². The molecule has 1 aliphatic carbocycles. The topological polar surface area (TPSA) is 0 Å². The van der Waals surface area contributed by atoms with Gasteiger partial charge in [0.05, 0.1) is 0 Å². The van der Waals surface area contributed by atoms with Crippen molar-refractivity contribution in [2.24, 2.45) is 0 Å². The Hall–Kier alpha value is -1.82. The van der Waals surface area contributed by atoms with Gasteiger partial charge in [0.1, 0.15) is 0 Å². The van der Waals surface area contributed by atoms with Crippen LogP contribution in [0, 0.1) is 6.08 Å². The Morgan fingerprint density at radius 3 is 2.43 bits per heavy atom. The summed E-state index contributed by atoms with van der Waals surface area (Å²) in [5.74, 6) is 0. The molecule has 0 heterocycles. The van der Waals surface area contributed by atoms with Crippen molar-refractivity contribution in [1.29, 1.82) is 0 Å². The van der Waals surface area contributed by atoms with E-state index in [-0.39, 0.29) is 0 Å². The fraction of sp³-hybridized carbons (Fsp3) is 0. The van der Waals surface area contributed by atoms with E-state index in [2.05, 4.69) is 24.3 Å². The molecular weight excluding hydrogens is 168 g/mol. The second-order valence-corrected chi connectivity index (χ2v) is 3.03. The second kappa shape index (κ2) is 4.43. The maximum absolute atomic E-state index is 3.24. The molecule has 0 saturated carbocycles. The van der Waals surface area contributed by atoms with Crippen LogP contribution < -0.4 is 0 Å². The molecule has 0 nitrogen and oxygen atoms in total. The van der Waals surface area contributed by atoms with Crippen LogP contribution in [-0.4, -0.2) is 0 Å². The summed E-state index contributed by atoms with van der Waals surface area (Å²) in [4.78, 5) is 0. The summed E-state index contributed by atoms with van der Waals surface area (Å²) in [6, 6.07) is 10.3. The minimum Gasteiger partial charge on any atom is -0.0622 e. The van der Waals surface area contributed by atoms with E-state index in [1.165, 1.54) is 5.56 Å². The zero-order chi connectivity index (χ0) is 9.64. The molecule has 14 heavy (non-hydrogen) atoms. The number of hydrogen-bond donors (Lipinski definition) is 0. The Labute approximate surface area is 84.6 Å². The summed E-state index contributed by atoms with van der Waals surface area (Å²) in [7, 11) is 0. The van der Waals surface area contributed by atoms with Crippen LogP contribution in [0.1, 0.15) is 5.56 Å². The van der Waals surface area contributed by atoms with Gasteiger partial charge in [-0.1, -0.05) is 66.8 Å². The van der Waals surface area contributed by atoms with Crippen molar-refractivity contribution in [1.82, 2.24) is 0 Å². The summed E-state index contributed by atoms with van der Waals surface area (Å²) in [6.45, 7) is 0.